The van der Waals surface area contributed by atoms with Gasteiger partial charge in [-0.15, -0.1) is 0 Å². The van der Waals surface area contributed by atoms with Crippen LogP contribution >= 0.6 is 11.6 Å². The fraction of sp³-hybridized carbons (Fsp3) is 0.500. The number of nitrogens with two attached hydrogens (primary N) is 1. The number of piperidine rings is 1. The van der Waals surface area contributed by atoms with Crippen molar-refractivity contribution in [2.45, 2.75) is 52.6 Å². The van der Waals surface area contributed by atoms with Crippen molar-refractivity contribution < 1.29 is 24.9 Å². The molecule has 1 atom stereocenters. The first kappa shape index (κ1) is 25.3. The first-order valence-corrected chi connectivity index (χ1v) is 12.4. The van der Waals surface area contributed by atoms with E-state index in [0.717, 1.165) is 18.1 Å². The Morgan fingerprint density at radius 3 is 2.64 bits per heavy atom. The van der Waals surface area contributed by atoms with Gasteiger partial charge in [-0.25, -0.2) is 0 Å². The number of anilines is 1. The van der Waals surface area contributed by atoms with Crippen LogP contribution in [0.25, 0.3) is 0 Å². The molecule has 0 spiro atoms. The lowest BCUT2D eigenvalue weighted by Crippen LogP contribution is -3.13. The van der Waals surface area contributed by atoms with E-state index in [0.29, 0.717) is 42.0 Å². The van der Waals surface area contributed by atoms with Crippen LogP contribution in [-0.4, -0.2) is 43.3 Å². The third kappa shape index (κ3) is 7.91. The molecule has 5 N–H and O–H groups in total. The van der Waals surface area contributed by atoms with Gasteiger partial charge in [0, 0.05) is 41.8 Å². The molecule has 0 bridgehead atoms. The molecule has 2 aromatic rings. The number of carbonyl (C=O) groups is 1. The molecule has 0 aliphatic carbocycles. The predicted molar refractivity (Wildman–Crippen MR) is 132 cm³/mol. The standard InChI is InChI=1S/C26H36ClN3O3/c1-4-26(32)29-23-13-19(3)24(31)14-25(23)33-17-18(2)15-28-22-9-11-30(12-10-22)16-20-5-7-21(27)8-6-20/h5-8,13-14,18,22,28,31H,4,9-12,15-17H2,1-3H3,(H,29,32)/p+2. The predicted octanol–water partition coefficient (Wildman–Crippen LogP) is 2.53. The summed E-state index contributed by atoms with van der Waals surface area (Å²) in [6.45, 7) is 10.8. The van der Waals surface area contributed by atoms with Crippen molar-refractivity contribution in [1.82, 2.24) is 0 Å². The number of amides is 1. The van der Waals surface area contributed by atoms with Crippen LogP contribution in [0.2, 0.25) is 5.02 Å². The van der Waals surface area contributed by atoms with Crippen molar-refractivity contribution in [3.63, 3.8) is 0 Å². The van der Waals surface area contributed by atoms with E-state index in [1.54, 1.807) is 24.0 Å². The Labute approximate surface area is 202 Å². The van der Waals surface area contributed by atoms with Crippen LogP contribution in [0.15, 0.2) is 36.4 Å². The Morgan fingerprint density at radius 1 is 1.27 bits per heavy atom. The minimum absolute atomic E-state index is 0.0733. The molecule has 0 radical (unpaired) electrons. The van der Waals surface area contributed by atoms with Crippen molar-refractivity contribution in [3.8, 4) is 11.5 Å². The maximum atomic E-state index is 11.8. The van der Waals surface area contributed by atoms with Gasteiger partial charge in [-0.1, -0.05) is 37.6 Å². The summed E-state index contributed by atoms with van der Waals surface area (Å²) in [4.78, 5) is 13.5. The van der Waals surface area contributed by atoms with E-state index < -0.39 is 0 Å². The molecule has 0 aromatic heterocycles. The number of phenols is 1. The summed E-state index contributed by atoms with van der Waals surface area (Å²) in [6, 6.07) is 12.2. The van der Waals surface area contributed by atoms with Gasteiger partial charge in [0.1, 0.15) is 18.0 Å². The highest BCUT2D eigenvalue weighted by Gasteiger charge is 2.25. The third-order valence-corrected chi connectivity index (χ3v) is 6.65. The number of ether oxygens (including phenoxy) is 1. The number of quaternary nitrogens is 2. The van der Waals surface area contributed by atoms with E-state index in [2.05, 4.69) is 29.7 Å². The first-order valence-electron chi connectivity index (χ1n) is 12.0. The largest absolute Gasteiger partial charge is 0.508 e. The zero-order chi connectivity index (χ0) is 23.8. The number of phenolic OH excluding ortho intramolecular Hbond substituents is 1. The SMILES string of the molecule is CCC(=O)Nc1cc(C)c(O)cc1OCC(C)C[NH2+]C1CC[NH+](Cc2ccc(Cl)cc2)CC1. The minimum Gasteiger partial charge on any atom is -0.508 e. The van der Waals surface area contributed by atoms with Crippen molar-refractivity contribution in [1.29, 1.82) is 0 Å². The Morgan fingerprint density at radius 2 is 1.97 bits per heavy atom. The molecule has 3 rings (SSSR count). The topological polar surface area (TPSA) is 79.6 Å². The summed E-state index contributed by atoms with van der Waals surface area (Å²) < 4.78 is 6.00. The van der Waals surface area contributed by atoms with E-state index in [-0.39, 0.29) is 11.7 Å². The number of halogens is 1. The van der Waals surface area contributed by atoms with E-state index in [1.165, 1.54) is 31.5 Å². The Balaban J connectivity index is 1.41. The van der Waals surface area contributed by atoms with E-state index in [4.69, 9.17) is 16.3 Å². The van der Waals surface area contributed by atoms with Gasteiger partial charge in [0.15, 0.2) is 0 Å². The van der Waals surface area contributed by atoms with Crippen LogP contribution in [-0.2, 0) is 11.3 Å². The van der Waals surface area contributed by atoms with Crippen LogP contribution in [0.5, 0.6) is 11.5 Å². The molecule has 0 saturated carbocycles. The molecule has 1 fully saturated rings. The van der Waals surface area contributed by atoms with Gasteiger partial charge in [-0.05, 0) is 30.7 Å². The summed E-state index contributed by atoms with van der Waals surface area (Å²) >= 11 is 5.99. The summed E-state index contributed by atoms with van der Waals surface area (Å²) in [5.41, 5.74) is 2.67. The van der Waals surface area contributed by atoms with Gasteiger partial charge in [0.05, 0.1) is 38.0 Å². The summed E-state index contributed by atoms with van der Waals surface area (Å²) in [5, 5.41) is 16.2. The van der Waals surface area contributed by atoms with E-state index in [1.807, 2.05) is 19.1 Å². The fourth-order valence-corrected chi connectivity index (χ4v) is 4.34. The number of benzene rings is 2. The quantitative estimate of drug-likeness (QED) is 0.399. The lowest BCUT2D eigenvalue weighted by molar-refractivity contribution is -0.926. The average Bonchev–Trinajstić information content (AvgIpc) is 2.81. The van der Waals surface area contributed by atoms with Gasteiger partial charge in [-0.3, -0.25) is 4.79 Å². The monoisotopic (exact) mass is 475 g/mol. The average molecular weight is 476 g/mol. The number of nitrogens with one attached hydrogen (secondary N) is 2. The lowest BCUT2D eigenvalue weighted by atomic mass is 10.0. The Bertz CT molecular complexity index is 912. The van der Waals surface area contributed by atoms with Crippen molar-refractivity contribution in [2.24, 2.45) is 5.92 Å². The minimum atomic E-state index is -0.0733. The highest BCUT2D eigenvalue weighted by atomic mass is 35.5. The number of aromatic hydroxyl groups is 1. The molecule has 180 valence electrons. The summed E-state index contributed by atoms with van der Waals surface area (Å²) in [7, 11) is 0. The van der Waals surface area contributed by atoms with Gasteiger partial charge < -0.3 is 25.4 Å². The molecule has 2 aromatic carbocycles. The highest BCUT2D eigenvalue weighted by molar-refractivity contribution is 6.30. The molecule has 1 unspecified atom stereocenters. The number of rotatable bonds is 10. The zero-order valence-electron chi connectivity index (χ0n) is 20.0. The molecule has 1 aliphatic rings. The number of hydrogen-bond donors (Lipinski definition) is 4. The van der Waals surface area contributed by atoms with Crippen LogP contribution in [0.1, 0.15) is 44.2 Å². The second-order valence-corrected chi connectivity index (χ2v) is 9.75. The van der Waals surface area contributed by atoms with Gasteiger partial charge in [0.25, 0.3) is 0 Å². The summed E-state index contributed by atoms with van der Waals surface area (Å²) in [6.07, 6.45) is 2.83. The summed E-state index contributed by atoms with van der Waals surface area (Å²) in [5.74, 6) is 0.968. The molecule has 33 heavy (non-hydrogen) atoms. The van der Waals surface area contributed by atoms with Crippen molar-refractivity contribution >= 4 is 23.2 Å². The van der Waals surface area contributed by atoms with Crippen LogP contribution in [0, 0.1) is 12.8 Å². The fourth-order valence-electron chi connectivity index (χ4n) is 4.21. The van der Waals surface area contributed by atoms with Crippen molar-refractivity contribution in [3.05, 3.63) is 52.5 Å². The van der Waals surface area contributed by atoms with Gasteiger partial charge in [0.2, 0.25) is 5.91 Å². The van der Waals surface area contributed by atoms with Crippen LogP contribution in [0.4, 0.5) is 5.69 Å². The molecular weight excluding hydrogens is 438 g/mol. The number of hydrogen-bond acceptors (Lipinski definition) is 3. The number of likely N-dealkylation sites (tertiary alicyclic amines) is 1. The molecule has 6 nitrogen and oxygen atoms in total. The van der Waals surface area contributed by atoms with Crippen LogP contribution < -0.4 is 20.3 Å². The second-order valence-electron chi connectivity index (χ2n) is 9.31. The zero-order valence-corrected chi connectivity index (χ0v) is 20.8. The smallest absolute Gasteiger partial charge is 0.224 e. The molecule has 7 heteroatoms. The van der Waals surface area contributed by atoms with E-state index >= 15 is 0 Å². The number of aryl methyl sites for hydroxylation is 1. The maximum absolute atomic E-state index is 11.8. The first-order chi connectivity index (χ1) is 15.8. The molecule has 1 heterocycles. The van der Waals surface area contributed by atoms with E-state index in [9.17, 15) is 9.90 Å². The third-order valence-electron chi connectivity index (χ3n) is 6.39. The van der Waals surface area contributed by atoms with Crippen LogP contribution in [0.3, 0.4) is 0 Å². The maximum Gasteiger partial charge on any atom is 0.224 e. The lowest BCUT2D eigenvalue weighted by Gasteiger charge is -2.28. The second kappa shape index (κ2) is 12.3. The Hall–Kier alpha value is -2.28. The highest BCUT2D eigenvalue weighted by Crippen LogP contribution is 2.32. The molecule has 1 saturated heterocycles. The molecule has 1 amide bonds. The van der Waals surface area contributed by atoms with Crippen molar-refractivity contribution in [2.75, 3.05) is 31.6 Å². The molecule has 1 aliphatic heterocycles. The van der Waals surface area contributed by atoms with Gasteiger partial charge in [-0.2, -0.15) is 0 Å². The normalized spacial score (nSPS) is 19.2. The molecular formula is C26H38ClN3O3+2. The van der Waals surface area contributed by atoms with Gasteiger partial charge >= 0.3 is 0 Å². The Kier molecular flexibility index (Phi) is 9.41. The number of carbonyl (C=O) groups excluding carboxylic acids is 1.